The van der Waals surface area contributed by atoms with Crippen LogP contribution >= 0.6 is 11.6 Å². The van der Waals surface area contributed by atoms with Crippen LogP contribution in [0.4, 0.5) is 10.5 Å². The first-order chi connectivity index (χ1) is 10.3. The van der Waals surface area contributed by atoms with Gasteiger partial charge in [-0.1, -0.05) is 11.6 Å². The molecule has 22 heavy (non-hydrogen) atoms. The molecule has 1 aliphatic heterocycles. The number of anilines is 1. The van der Waals surface area contributed by atoms with Gasteiger partial charge in [0.2, 0.25) is 0 Å². The predicted octanol–water partition coefficient (Wildman–Crippen LogP) is 2.80. The molecule has 0 aromatic carbocycles. The van der Waals surface area contributed by atoms with E-state index in [0.29, 0.717) is 37.1 Å². The van der Waals surface area contributed by atoms with Crippen LogP contribution in [-0.4, -0.2) is 54.9 Å². The quantitative estimate of drug-likeness (QED) is 0.782. The number of methoxy groups -OCH3 is 1. The lowest BCUT2D eigenvalue weighted by molar-refractivity contribution is 0.0240. The molecule has 1 aliphatic rings. The van der Waals surface area contributed by atoms with E-state index in [1.807, 2.05) is 20.8 Å². The number of carbonyl (C=O) groups excluding carboxylic acids is 1. The maximum absolute atomic E-state index is 12.1. The Kier molecular flexibility index (Phi) is 5.01. The van der Waals surface area contributed by atoms with Crippen LogP contribution in [0.15, 0.2) is 12.3 Å². The summed E-state index contributed by atoms with van der Waals surface area (Å²) in [4.78, 5) is 20.0. The van der Waals surface area contributed by atoms with E-state index >= 15 is 0 Å². The fourth-order valence-electron chi connectivity index (χ4n) is 2.26. The van der Waals surface area contributed by atoms with E-state index in [-0.39, 0.29) is 6.09 Å². The smallest absolute Gasteiger partial charge is 0.410 e. The third kappa shape index (κ3) is 4.16. The van der Waals surface area contributed by atoms with Gasteiger partial charge >= 0.3 is 6.09 Å². The highest BCUT2D eigenvalue weighted by molar-refractivity contribution is 6.29. The third-order valence-corrected chi connectivity index (χ3v) is 3.51. The standard InChI is InChI=1S/C15H22ClN3O3/c1-15(2,3)22-14(20)19-7-5-18(6-8-19)11-10-17-13(16)9-12(11)21-4/h9-10H,5-8H2,1-4H3. The van der Waals surface area contributed by atoms with E-state index in [1.165, 1.54) is 0 Å². The van der Waals surface area contributed by atoms with Crippen LogP contribution in [0.3, 0.4) is 0 Å². The zero-order chi connectivity index (χ0) is 16.3. The molecule has 1 aromatic heterocycles. The average molecular weight is 328 g/mol. The molecule has 1 amide bonds. The van der Waals surface area contributed by atoms with E-state index in [1.54, 1.807) is 24.3 Å². The number of rotatable bonds is 2. The second kappa shape index (κ2) is 6.60. The Bertz CT molecular complexity index is 537. The summed E-state index contributed by atoms with van der Waals surface area (Å²) in [6, 6.07) is 1.69. The molecule has 0 N–H and O–H groups in total. The minimum atomic E-state index is -0.475. The van der Waals surface area contributed by atoms with Gasteiger partial charge in [0.15, 0.2) is 0 Å². The van der Waals surface area contributed by atoms with Crippen molar-refractivity contribution in [3.63, 3.8) is 0 Å². The van der Waals surface area contributed by atoms with Crippen molar-refractivity contribution in [3.05, 3.63) is 17.4 Å². The van der Waals surface area contributed by atoms with Crippen molar-refractivity contribution in [2.24, 2.45) is 0 Å². The number of carbonyl (C=O) groups is 1. The molecule has 0 radical (unpaired) electrons. The molecular weight excluding hydrogens is 306 g/mol. The fourth-order valence-corrected chi connectivity index (χ4v) is 2.41. The van der Waals surface area contributed by atoms with Crippen molar-refractivity contribution < 1.29 is 14.3 Å². The van der Waals surface area contributed by atoms with Gasteiger partial charge in [-0.05, 0) is 20.8 Å². The first-order valence-corrected chi connectivity index (χ1v) is 7.60. The van der Waals surface area contributed by atoms with Gasteiger partial charge in [-0.25, -0.2) is 9.78 Å². The zero-order valence-corrected chi connectivity index (χ0v) is 14.2. The van der Waals surface area contributed by atoms with Gasteiger partial charge in [0.05, 0.1) is 19.0 Å². The summed E-state index contributed by atoms with van der Waals surface area (Å²) >= 11 is 5.88. The van der Waals surface area contributed by atoms with E-state index < -0.39 is 5.60 Å². The van der Waals surface area contributed by atoms with Crippen LogP contribution in [0, 0.1) is 0 Å². The van der Waals surface area contributed by atoms with Crippen LogP contribution in [0.25, 0.3) is 0 Å². The highest BCUT2D eigenvalue weighted by Gasteiger charge is 2.27. The van der Waals surface area contributed by atoms with Crippen molar-refractivity contribution >= 4 is 23.4 Å². The largest absolute Gasteiger partial charge is 0.494 e. The Morgan fingerprint density at radius 1 is 1.27 bits per heavy atom. The first-order valence-electron chi connectivity index (χ1n) is 7.22. The number of hydrogen-bond donors (Lipinski definition) is 0. The molecule has 7 heteroatoms. The summed E-state index contributed by atoms with van der Waals surface area (Å²) < 4.78 is 10.7. The number of amides is 1. The Morgan fingerprint density at radius 2 is 1.91 bits per heavy atom. The fraction of sp³-hybridized carbons (Fsp3) is 0.600. The Labute approximate surface area is 136 Å². The molecule has 0 saturated carbocycles. The third-order valence-electron chi connectivity index (χ3n) is 3.30. The molecule has 0 atom stereocenters. The molecule has 6 nitrogen and oxygen atoms in total. The Balaban J connectivity index is 1.99. The number of ether oxygens (including phenoxy) is 2. The van der Waals surface area contributed by atoms with E-state index in [2.05, 4.69) is 9.88 Å². The molecular formula is C15H22ClN3O3. The lowest BCUT2D eigenvalue weighted by Crippen LogP contribution is -2.50. The van der Waals surface area contributed by atoms with Crippen LogP contribution < -0.4 is 9.64 Å². The van der Waals surface area contributed by atoms with Crippen LogP contribution in [0.1, 0.15) is 20.8 Å². The SMILES string of the molecule is COc1cc(Cl)ncc1N1CCN(C(=O)OC(C)(C)C)CC1. The van der Waals surface area contributed by atoms with Gasteiger partial charge in [0.25, 0.3) is 0 Å². The topological polar surface area (TPSA) is 54.9 Å². The Hall–Kier alpha value is -1.69. The Morgan fingerprint density at radius 3 is 2.45 bits per heavy atom. The molecule has 0 unspecified atom stereocenters. The van der Waals surface area contributed by atoms with Crippen LogP contribution in [-0.2, 0) is 4.74 Å². The molecule has 0 aliphatic carbocycles. The minimum absolute atomic E-state index is 0.270. The molecule has 2 rings (SSSR count). The van der Waals surface area contributed by atoms with Gasteiger partial charge < -0.3 is 19.3 Å². The minimum Gasteiger partial charge on any atom is -0.494 e. The van der Waals surface area contributed by atoms with Crippen LogP contribution in [0.5, 0.6) is 5.75 Å². The monoisotopic (exact) mass is 327 g/mol. The normalized spacial score (nSPS) is 15.7. The first kappa shape index (κ1) is 16.7. The van der Waals surface area contributed by atoms with Gasteiger partial charge in [-0.15, -0.1) is 0 Å². The van der Waals surface area contributed by atoms with E-state index in [4.69, 9.17) is 21.1 Å². The second-order valence-corrected chi connectivity index (χ2v) is 6.52. The van der Waals surface area contributed by atoms with Gasteiger partial charge in [-0.2, -0.15) is 0 Å². The number of pyridine rings is 1. The number of aromatic nitrogens is 1. The summed E-state index contributed by atoms with van der Waals surface area (Å²) in [6.45, 7) is 8.18. The summed E-state index contributed by atoms with van der Waals surface area (Å²) in [5.74, 6) is 0.686. The van der Waals surface area contributed by atoms with E-state index in [0.717, 1.165) is 5.69 Å². The van der Waals surface area contributed by atoms with Crippen molar-refractivity contribution in [2.45, 2.75) is 26.4 Å². The van der Waals surface area contributed by atoms with Crippen molar-refractivity contribution in [3.8, 4) is 5.75 Å². The summed E-state index contributed by atoms with van der Waals surface area (Å²) in [5.41, 5.74) is 0.410. The van der Waals surface area contributed by atoms with E-state index in [9.17, 15) is 4.79 Å². The number of piperazine rings is 1. The van der Waals surface area contributed by atoms with Crippen LogP contribution in [0.2, 0.25) is 5.15 Å². The van der Waals surface area contributed by atoms with Crippen molar-refractivity contribution in [2.75, 3.05) is 38.2 Å². The second-order valence-electron chi connectivity index (χ2n) is 6.13. The number of hydrogen-bond acceptors (Lipinski definition) is 5. The predicted molar refractivity (Wildman–Crippen MR) is 85.8 cm³/mol. The van der Waals surface area contributed by atoms with Crippen molar-refractivity contribution in [1.29, 1.82) is 0 Å². The molecule has 1 aromatic rings. The average Bonchev–Trinajstić information content (AvgIpc) is 2.45. The summed E-state index contributed by atoms with van der Waals surface area (Å²) in [7, 11) is 1.60. The van der Waals surface area contributed by atoms with Gasteiger partial charge in [0.1, 0.15) is 16.5 Å². The molecule has 0 bridgehead atoms. The summed E-state index contributed by atoms with van der Waals surface area (Å²) in [6.07, 6.45) is 1.43. The molecule has 1 saturated heterocycles. The molecule has 0 spiro atoms. The summed E-state index contributed by atoms with van der Waals surface area (Å²) in [5, 5.41) is 0.396. The van der Waals surface area contributed by atoms with Crippen molar-refractivity contribution in [1.82, 2.24) is 9.88 Å². The van der Waals surface area contributed by atoms with Gasteiger partial charge in [-0.3, -0.25) is 0 Å². The lowest BCUT2D eigenvalue weighted by Gasteiger charge is -2.37. The lowest BCUT2D eigenvalue weighted by atomic mass is 10.2. The molecule has 1 fully saturated rings. The molecule has 2 heterocycles. The highest BCUT2D eigenvalue weighted by Crippen LogP contribution is 2.30. The molecule has 122 valence electrons. The maximum atomic E-state index is 12.1. The maximum Gasteiger partial charge on any atom is 0.410 e. The highest BCUT2D eigenvalue weighted by atomic mass is 35.5. The zero-order valence-electron chi connectivity index (χ0n) is 13.4. The number of halogens is 1. The number of nitrogens with zero attached hydrogens (tertiary/aromatic N) is 3. The van der Waals surface area contributed by atoms with Gasteiger partial charge in [0, 0.05) is 32.2 Å².